The number of nitrogens with zero attached hydrogens (tertiary/aromatic N) is 2. The van der Waals surface area contributed by atoms with Gasteiger partial charge in [0.15, 0.2) is 5.78 Å². The second-order valence-corrected chi connectivity index (χ2v) is 7.11. The fraction of sp³-hybridized carbons (Fsp3) is 0. The Balaban J connectivity index is 2.47. The van der Waals surface area contributed by atoms with E-state index in [2.05, 4.69) is 38.4 Å². The Bertz CT molecular complexity index is 954. The van der Waals surface area contributed by atoms with Gasteiger partial charge in [0.1, 0.15) is 17.7 Å². The topological polar surface area (TPSA) is 64.7 Å². The maximum absolute atomic E-state index is 12.4. The highest BCUT2D eigenvalue weighted by Gasteiger charge is 2.35. The minimum absolute atomic E-state index is 0.0724. The van der Waals surface area contributed by atoms with Gasteiger partial charge in [-0.2, -0.15) is 10.5 Å². The molecule has 3 nitrogen and oxygen atoms in total. The van der Waals surface area contributed by atoms with E-state index in [9.17, 15) is 4.79 Å². The highest BCUT2D eigenvalue weighted by atomic mass is 79.9. The molecule has 1 aliphatic rings. The third-order valence-corrected chi connectivity index (χ3v) is 6.25. The molecule has 0 bridgehead atoms. The standard InChI is InChI=1S/C15H4Br2N2OS/c1-6-12(7(4-18)5-19)15-13(14(6)20)8-2-9(16)10(17)3-11(8)21-15/h2-3H,1H2. The molecule has 0 unspecified atom stereocenters. The molecule has 1 aromatic carbocycles. The van der Waals surface area contributed by atoms with E-state index in [1.54, 1.807) is 0 Å². The van der Waals surface area contributed by atoms with Gasteiger partial charge in [0.05, 0.1) is 0 Å². The van der Waals surface area contributed by atoms with Gasteiger partial charge in [0.25, 0.3) is 0 Å². The van der Waals surface area contributed by atoms with Crippen molar-refractivity contribution in [1.82, 2.24) is 0 Å². The molecule has 0 amide bonds. The number of carbonyl (C=O) groups excluding carboxylic acids is 1. The molecular formula is C15H4Br2N2OS. The summed E-state index contributed by atoms with van der Waals surface area (Å²) in [5.74, 6) is -0.219. The number of carbonyl (C=O) groups is 1. The maximum Gasteiger partial charge on any atom is 0.195 e. The highest BCUT2D eigenvalue weighted by molar-refractivity contribution is 9.13. The summed E-state index contributed by atoms with van der Waals surface area (Å²) < 4.78 is 2.64. The normalized spacial score (nSPS) is 13.2. The quantitative estimate of drug-likeness (QED) is 0.446. The number of ketones is 1. The number of allylic oxidation sites excluding steroid dienone is 3. The Labute approximate surface area is 141 Å². The number of benzene rings is 1. The maximum atomic E-state index is 12.4. The first-order valence-corrected chi connectivity index (χ1v) is 8.10. The molecule has 0 fully saturated rings. The molecule has 1 heterocycles. The van der Waals surface area contributed by atoms with Gasteiger partial charge in [-0.25, -0.2) is 0 Å². The predicted molar refractivity (Wildman–Crippen MR) is 88.8 cm³/mol. The van der Waals surface area contributed by atoms with Crippen molar-refractivity contribution in [2.45, 2.75) is 0 Å². The summed E-state index contributed by atoms with van der Waals surface area (Å²) in [6, 6.07) is 7.47. The van der Waals surface area contributed by atoms with Crippen LogP contribution in [0.25, 0.3) is 15.7 Å². The largest absolute Gasteiger partial charge is 0.289 e. The lowest BCUT2D eigenvalue weighted by Gasteiger charge is -1.99. The van der Waals surface area contributed by atoms with Crippen LogP contribution < -0.4 is 0 Å². The van der Waals surface area contributed by atoms with E-state index in [1.165, 1.54) is 11.3 Å². The van der Waals surface area contributed by atoms with Crippen LogP contribution in [0.15, 0.2) is 38.8 Å². The van der Waals surface area contributed by atoms with Gasteiger partial charge in [-0.3, -0.25) is 4.79 Å². The van der Waals surface area contributed by atoms with Crippen molar-refractivity contribution >= 4 is 64.6 Å². The van der Waals surface area contributed by atoms with Crippen LogP contribution in [-0.4, -0.2) is 5.78 Å². The predicted octanol–water partition coefficient (Wildman–Crippen LogP) is 4.98. The zero-order chi connectivity index (χ0) is 15.3. The Morgan fingerprint density at radius 2 is 1.81 bits per heavy atom. The van der Waals surface area contributed by atoms with Crippen molar-refractivity contribution < 1.29 is 4.79 Å². The lowest BCUT2D eigenvalue weighted by atomic mass is 10.1. The van der Waals surface area contributed by atoms with E-state index >= 15 is 0 Å². The number of halogens is 2. The Morgan fingerprint density at radius 3 is 2.43 bits per heavy atom. The molecule has 6 heteroatoms. The number of thiophene rings is 1. The molecule has 3 rings (SSSR count). The molecule has 21 heavy (non-hydrogen) atoms. The first kappa shape index (κ1) is 14.2. The van der Waals surface area contributed by atoms with Crippen molar-refractivity contribution in [3.63, 3.8) is 0 Å². The fourth-order valence-corrected chi connectivity index (χ4v) is 4.43. The van der Waals surface area contributed by atoms with Gasteiger partial charge < -0.3 is 0 Å². The minimum atomic E-state index is -0.219. The van der Waals surface area contributed by atoms with E-state index in [1.807, 2.05) is 24.3 Å². The minimum Gasteiger partial charge on any atom is -0.289 e. The number of hydrogen-bond donors (Lipinski definition) is 0. The number of Topliss-reactive ketones (excluding diaryl/α,β-unsaturated/α-hetero) is 1. The molecule has 0 saturated carbocycles. The number of rotatable bonds is 0. The summed E-state index contributed by atoms with van der Waals surface area (Å²) in [7, 11) is 0. The van der Waals surface area contributed by atoms with E-state index in [0.29, 0.717) is 16.0 Å². The highest BCUT2D eigenvalue weighted by Crippen LogP contribution is 2.48. The first-order valence-electron chi connectivity index (χ1n) is 5.70. The fourth-order valence-electron chi connectivity index (χ4n) is 2.30. The molecule has 0 radical (unpaired) electrons. The van der Waals surface area contributed by atoms with E-state index in [0.717, 1.165) is 19.0 Å². The van der Waals surface area contributed by atoms with E-state index < -0.39 is 0 Å². The molecule has 1 aromatic heterocycles. The summed E-state index contributed by atoms with van der Waals surface area (Å²) in [6.07, 6.45) is 0. The monoisotopic (exact) mass is 418 g/mol. The third-order valence-electron chi connectivity index (χ3n) is 3.23. The summed E-state index contributed by atoms with van der Waals surface area (Å²) in [6.45, 7) is 3.74. The lowest BCUT2D eigenvalue weighted by Crippen LogP contribution is -1.94. The van der Waals surface area contributed by atoms with Crippen LogP contribution in [-0.2, 0) is 0 Å². The summed E-state index contributed by atoms with van der Waals surface area (Å²) in [4.78, 5) is 13.1. The molecule has 0 atom stereocenters. The molecule has 0 spiro atoms. The first-order chi connectivity index (χ1) is 9.99. The molecule has 0 N–H and O–H groups in total. The van der Waals surface area contributed by atoms with Crippen molar-refractivity contribution in [2.75, 3.05) is 0 Å². The zero-order valence-corrected chi connectivity index (χ0v) is 14.3. The summed E-state index contributed by atoms with van der Waals surface area (Å²) in [5.41, 5.74) is 1.05. The summed E-state index contributed by atoms with van der Waals surface area (Å²) in [5, 5.41) is 19.0. The SMILES string of the molecule is C=C1C(=O)c2c(sc3cc(Br)c(Br)cc23)C1=C(C#N)C#N. The molecular weight excluding hydrogens is 416 g/mol. The second-order valence-electron chi connectivity index (χ2n) is 4.35. The van der Waals surface area contributed by atoms with Crippen molar-refractivity contribution in [1.29, 1.82) is 10.5 Å². The van der Waals surface area contributed by atoms with Gasteiger partial charge in [-0.15, -0.1) is 11.3 Å². The van der Waals surface area contributed by atoms with Crippen LogP contribution in [0.3, 0.4) is 0 Å². The smallest absolute Gasteiger partial charge is 0.195 e. The average Bonchev–Trinajstić information content (AvgIpc) is 2.91. The number of fused-ring (bicyclic) bond motifs is 3. The summed E-state index contributed by atoms with van der Waals surface area (Å²) >= 11 is 8.24. The number of nitriles is 2. The molecule has 0 aliphatic heterocycles. The Hall–Kier alpha value is -1.73. The van der Waals surface area contributed by atoms with Crippen LogP contribution in [0.5, 0.6) is 0 Å². The van der Waals surface area contributed by atoms with Gasteiger partial charge >= 0.3 is 0 Å². The molecule has 100 valence electrons. The van der Waals surface area contributed by atoms with Crippen LogP contribution >= 0.6 is 43.2 Å². The van der Waals surface area contributed by atoms with Crippen LogP contribution in [0.4, 0.5) is 0 Å². The lowest BCUT2D eigenvalue weighted by molar-refractivity contribution is 0.104. The van der Waals surface area contributed by atoms with Crippen molar-refractivity contribution in [3.8, 4) is 12.1 Å². The van der Waals surface area contributed by atoms with Crippen LogP contribution in [0.1, 0.15) is 15.2 Å². The van der Waals surface area contributed by atoms with Crippen LogP contribution in [0, 0.1) is 22.7 Å². The second kappa shape index (κ2) is 4.92. The molecule has 0 saturated heterocycles. The van der Waals surface area contributed by atoms with E-state index in [4.69, 9.17) is 10.5 Å². The van der Waals surface area contributed by atoms with Crippen molar-refractivity contribution in [2.24, 2.45) is 0 Å². The third kappa shape index (κ3) is 1.91. The number of hydrogen-bond acceptors (Lipinski definition) is 4. The van der Waals surface area contributed by atoms with Crippen LogP contribution in [0.2, 0.25) is 0 Å². The van der Waals surface area contributed by atoms with E-state index in [-0.39, 0.29) is 16.9 Å². The van der Waals surface area contributed by atoms with Gasteiger partial charge in [0.2, 0.25) is 0 Å². The Kier molecular flexibility index (Phi) is 3.33. The van der Waals surface area contributed by atoms with Gasteiger partial charge in [0, 0.05) is 40.6 Å². The zero-order valence-electron chi connectivity index (χ0n) is 10.3. The van der Waals surface area contributed by atoms with Gasteiger partial charge in [-0.1, -0.05) is 6.58 Å². The molecule has 2 aromatic rings. The average molecular weight is 420 g/mol. The van der Waals surface area contributed by atoms with Gasteiger partial charge in [-0.05, 0) is 44.0 Å². The molecule has 1 aliphatic carbocycles. The van der Waals surface area contributed by atoms with Crippen molar-refractivity contribution in [3.05, 3.63) is 49.2 Å². The Morgan fingerprint density at radius 1 is 1.19 bits per heavy atom.